The maximum Gasteiger partial charge on any atom is 0.224 e. The lowest BCUT2D eigenvalue weighted by atomic mass is 10.2. The zero-order valence-electron chi connectivity index (χ0n) is 14.3. The Morgan fingerprint density at radius 1 is 1.16 bits per heavy atom. The minimum atomic E-state index is 0.194. The molecule has 0 saturated carbocycles. The topological polar surface area (TPSA) is 41.4 Å². The summed E-state index contributed by atoms with van der Waals surface area (Å²) in [5.41, 5.74) is 2.15. The van der Waals surface area contributed by atoms with E-state index in [0.29, 0.717) is 23.0 Å². The molecule has 0 atom stereocenters. The molecular formula is C18H22Cl2N4O. The van der Waals surface area contributed by atoms with Crippen LogP contribution in [0.5, 0.6) is 0 Å². The van der Waals surface area contributed by atoms with E-state index in [2.05, 4.69) is 10.00 Å². The first kappa shape index (κ1) is 18.2. The Labute approximate surface area is 158 Å². The molecule has 0 unspecified atom stereocenters. The Balaban J connectivity index is 1.46. The molecule has 1 aliphatic rings. The standard InChI is InChI=1S/C18H22Cl2N4O/c1-14-4-6-21-24(14)7-5-18(25)23-10-8-22(9-11-23)13-15-2-3-16(19)12-17(15)20/h2-4,6,12H,5,7-11,13H2,1H3. The summed E-state index contributed by atoms with van der Waals surface area (Å²) in [6, 6.07) is 7.55. The van der Waals surface area contributed by atoms with Crippen molar-refractivity contribution in [3.05, 3.63) is 51.8 Å². The third-order valence-corrected chi connectivity index (χ3v) is 5.19. The van der Waals surface area contributed by atoms with Crippen LogP contribution < -0.4 is 0 Å². The average molecular weight is 381 g/mol. The predicted octanol–water partition coefficient (Wildman–Crippen LogP) is 3.23. The van der Waals surface area contributed by atoms with E-state index >= 15 is 0 Å². The van der Waals surface area contributed by atoms with Gasteiger partial charge >= 0.3 is 0 Å². The molecule has 7 heteroatoms. The summed E-state index contributed by atoms with van der Waals surface area (Å²) in [4.78, 5) is 16.7. The molecule has 1 aromatic carbocycles. The van der Waals surface area contributed by atoms with Crippen LogP contribution in [0.3, 0.4) is 0 Å². The molecule has 1 amide bonds. The highest BCUT2D eigenvalue weighted by molar-refractivity contribution is 6.35. The Bertz CT molecular complexity index is 738. The van der Waals surface area contributed by atoms with E-state index in [1.54, 1.807) is 12.3 Å². The van der Waals surface area contributed by atoms with Gasteiger partial charge in [-0.1, -0.05) is 29.3 Å². The normalized spacial score (nSPS) is 15.6. The smallest absolute Gasteiger partial charge is 0.224 e. The number of piperazine rings is 1. The second kappa shape index (κ2) is 8.21. The fraction of sp³-hybridized carbons (Fsp3) is 0.444. The number of halogens is 2. The quantitative estimate of drug-likeness (QED) is 0.799. The molecule has 1 fully saturated rings. The predicted molar refractivity (Wildman–Crippen MR) is 99.9 cm³/mol. The summed E-state index contributed by atoms with van der Waals surface area (Å²) in [7, 11) is 0. The van der Waals surface area contributed by atoms with E-state index in [9.17, 15) is 4.79 Å². The highest BCUT2D eigenvalue weighted by Crippen LogP contribution is 2.22. The molecule has 0 radical (unpaired) electrons. The molecule has 0 aliphatic carbocycles. The van der Waals surface area contributed by atoms with Crippen molar-refractivity contribution in [2.45, 2.75) is 26.4 Å². The first-order valence-corrected chi connectivity index (χ1v) is 9.21. The summed E-state index contributed by atoms with van der Waals surface area (Å²) in [6.45, 7) is 6.63. The number of hydrogen-bond donors (Lipinski definition) is 0. The van der Waals surface area contributed by atoms with Crippen LogP contribution in [0.2, 0.25) is 10.0 Å². The fourth-order valence-corrected chi connectivity index (χ4v) is 3.51. The van der Waals surface area contributed by atoms with Gasteiger partial charge < -0.3 is 4.90 Å². The molecule has 2 heterocycles. The minimum Gasteiger partial charge on any atom is -0.340 e. The van der Waals surface area contributed by atoms with Crippen LogP contribution in [0.25, 0.3) is 0 Å². The molecule has 134 valence electrons. The van der Waals surface area contributed by atoms with Crippen LogP contribution >= 0.6 is 23.2 Å². The van der Waals surface area contributed by atoms with Crippen LogP contribution in [0.4, 0.5) is 0 Å². The van der Waals surface area contributed by atoms with Crippen LogP contribution in [0, 0.1) is 6.92 Å². The largest absolute Gasteiger partial charge is 0.340 e. The molecule has 25 heavy (non-hydrogen) atoms. The SMILES string of the molecule is Cc1ccnn1CCC(=O)N1CCN(Cc2ccc(Cl)cc2Cl)CC1. The Hall–Kier alpha value is -1.56. The van der Waals surface area contributed by atoms with E-state index in [4.69, 9.17) is 23.2 Å². The lowest BCUT2D eigenvalue weighted by molar-refractivity contribution is -0.133. The van der Waals surface area contributed by atoms with Crippen LogP contribution in [0.15, 0.2) is 30.5 Å². The molecule has 0 spiro atoms. The van der Waals surface area contributed by atoms with Gasteiger partial charge in [0, 0.05) is 67.6 Å². The lowest BCUT2D eigenvalue weighted by Crippen LogP contribution is -2.48. The highest BCUT2D eigenvalue weighted by atomic mass is 35.5. The molecule has 5 nitrogen and oxygen atoms in total. The van der Waals surface area contributed by atoms with Crippen molar-refractivity contribution in [3.8, 4) is 0 Å². The Morgan fingerprint density at radius 3 is 2.56 bits per heavy atom. The van der Waals surface area contributed by atoms with Gasteiger partial charge in [0.15, 0.2) is 0 Å². The van der Waals surface area contributed by atoms with E-state index < -0.39 is 0 Å². The number of aryl methyl sites for hydroxylation is 2. The second-order valence-corrected chi connectivity index (χ2v) is 7.18. The molecule has 1 aliphatic heterocycles. The first-order valence-electron chi connectivity index (χ1n) is 8.45. The van der Waals surface area contributed by atoms with E-state index in [-0.39, 0.29) is 5.91 Å². The van der Waals surface area contributed by atoms with Gasteiger partial charge in [-0.25, -0.2) is 0 Å². The maximum atomic E-state index is 12.4. The summed E-state index contributed by atoms with van der Waals surface area (Å²) in [5, 5.41) is 5.57. The number of benzene rings is 1. The minimum absolute atomic E-state index is 0.194. The number of carbonyl (C=O) groups is 1. The Morgan fingerprint density at radius 2 is 1.92 bits per heavy atom. The van der Waals surface area contributed by atoms with Crippen molar-refractivity contribution >= 4 is 29.1 Å². The van der Waals surface area contributed by atoms with Gasteiger partial charge in [-0.3, -0.25) is 14.4 Å². The number of amides is 1. The number of hydrogen-bond acceptors (Lipinski definition) is 3. The zero-order chi connectivity index (χ0) is 17.8. The molecular weight excluding hydrogens is 359 g/mol. The number of carbonyl (C=O) groups excluding carboxylic acids is 1. The fourth-order valence-electron chi connectivity index (χ4n) is 3.04. The van der Waals surface area contributed by atoms with E-state index in [1.807, 2.05) is 34.7 Å². The average Bonchev–Trinajstić information content (AvgIpc) is 3.01. The maximum absolute atomic E-state index is 12.4. The van der Waals surface area contributed by atoms with Crippen molar-refractivity contribution in [1.82, 2.24) is 19.6 Å². The van der Waals surface area contributed by atoms with E-state index in [1.165, 1.54) is 0 Å². The molecule has 1 saturated heterocycles. The van der Waals surface area contributed by atoms with Crippen molar-refractivity contribution < 1.29 is 4.79 Å². The molecule has 2 aromatic rings. The van der Waals surface area contributed by atoms with Gasteiger partial charge in [0.2, 0.25) is 5.91 Å². The third kappa shape index (κ3) is 4.75. The number of rotatable bonds is 5. The summed E-state index contributed by atoms with van der Waals surface area (Å²) in [6.07, 6.45) is 2.26. The molecule has 3 rings (SSSR count). The number of aromatic nitrogens is 2. The molecule has 1 aromatic heterocycles. The zero-order valence-corrected chi connectivity index (χ0v) is 15.8. The van der Waals surface area contributed by atoms with Gasteiger partial charge in [0.1, 0.15) is 0 Å². The first-order chi connectivity index (χ1) is 12.0. The lowest BCUT2D eigenvalue weighted by Gasteiger charge is -2.35. The van der Waals surface area contributed by atoms with Gasteiger partial charge in [-0.05, 0) is 30.7 Å². The summed E-state index contributed by atoms with van der Waals surface area (Å²) >= 11 is 12.2. The molecule has 0 N–H and O–H groups in total. The van der Waals surface area contributed by atoms with Crippen molar-refractivity contribution in [3.63, 3.8) is 0 Å². The van der Waals surface area contributed by atoms with Crippen molar-refractivity contribution in [2.75, 3.05) is 26.2 Å². The monoisotopic (exact) mass is 380 g/mol. The second-order valence-electron chi connectivity index (χ2n) is 6.34. The number of nitrogens with zero attached hydrogens (tertiary/aromatic N) is 4. The van der Waals surface area contributed by atoms with Crippen LogP contribution in [0.1, 0.15) is 17.7 Å². The van der Waals surface area contributed by atoms with Crippen molar-refractivity contribution in [2.24, 2.45) is 0 Å². The van der Waals surface area contributed by atoms with E-state index in [0.717, 1.165) is 44.0 Å². The van der Waals surface area contributed by atoms with Crippen LogP contribution in [-0.4, -0.2) is 51.7 Å². The summed E-state index contributed by atoms with van der Waals surface area (Å²) < 4.78 is 1.87. The van der Waals surface area contributed by atoms with Gasteiger partial charge in [0.05, 0.1) is 0 Å². The molecule has 0 bridgehead atoms. The highest BCUT2D eigenvalue weighted by Gasteiger charge is 2.21. The van der Waals surface area contributed by atoms with Gasteiger partial charge in [-0.15, -0.1) is 0 Å². The van der Waals surface area contributed by atoms with Crippen molar-refractivity contribution in [1.29, 1.82) is 0 Å². The van der Waals surface area contributed by atoms with Gasteiger partial charge in [-0.2, -0.15) is 5.10 Å². The summed E-state index contributed by atoms with van der Waals surface area (Å²) in [5.74, 6) is 0.194. The third-order valence-electron chi connectivity index (χ3n) is 4.60. The van der Waals surface area contributed by atoms with Crippen LogP contribution in [-0.2, 0) is 17.9 Å². The Kier molecular flexibility index (Phi) is 5.99. The van der Waals surface area contributed by atoms with Gasteiger partial charge in [0.25, 0.3) is 0 Å².